The van der Waals surface area contributed by atoms with E-state index in [1.165, 1.54) is 5.56 Å². The summed E-state index contributed by atoms with van der Waals surface area (Å²) in [4.78, 5) is 15.1. The summed E-state index contributed by atoms with van der Waals surface area (Å²) >= 11 is 0. The number of piperidine rings is 1. The number of H-pyrrole nitrogens is 1. The van der Waals surface area contributed by atoms with E-state index in [2.05, 4.69) is 46.7 Å². The van der Waals surface area contributed by atoms with Crippen molar-refractivity contribution in [1.29, 1.82) is 0 Å². The van der Waals surface area contributed by atoms with E-state index in [-0.39, 0.29) is 23.7 Å². The van der Waals surface area contributed by atoms with Crippen molar-refractivity contribution in [3.05, 3.63) is 52.8 Å². The topological polar surface area (TPSA) is 61.0 Å². The predicted octanol–water partition coefficient (Wildman–Crippen LogP) is 2.67. The Bertz CT molecular complexity index is 745. The van der Waals surface area contributed by atoms with Crippen LogP contribution < -0.4 is 5.32 Å². The zero-order valence-electron chi connectivity index (χ0n) is 14.5. The first-order valence-electron chi connectivity index (χ1n) is 8.79. The van der Waals surface area contributed by atoms with Gasteiger partial charge in [0, 0.05) is 49.3 Å². The van der Waals surface area contributed by atoms with Gasteiger partial charge in [0.25, 0.3) is 5.91 Å². The lowest BCUT2D eigenvalue weighted by Crippen LogP contribution is -2.47. The van der Waals surface area contributed by atoms with Crippen molar-refractivity contribution in [2.75, 3.05) is 19.6 Å². The number of nitrogens with one attached hydrogen (secondary N) is 2. The number of rotatable bonds is 2. The van der Waals surface area contributed by atoms with Crippen LogP contribution >= 0.6 is 12.4 Å². The van der Waals surface area contributed by atoms with Crippen molar-refractivity contribution < 1.29 is 4.79 Å². The molecule has 5 nitrogen and oxygen atoms in total. The number of benzene rings is 1. The second kappa shape index (κ2) is 7.18. The first-order chi connectivity index (χ1) is 11.7. The van der Waals surface area contributed by atoms with Gasteiger partial charge in [0.1, 0.15) is 0 Å². The maximum Gasteiger partial charge on any atom is 0.274 e. The molecule has 1 fully saturated rings. The highest BCUT2D eigenvalue weighted by Crippen LogP contribution is 2.34. The highest BCUT2D eigenvalue weighted by Gasteiger charge is 2.36. The van der Waals surface area contributed by atoms with Gasteiger partial charge in [-0.15, -0.1) is 12.4 Å². The monoisotopic (exact) mass is 360 g/mol. The number of carbonyl (C=O) groups excluding carboxylic acids is 1. The number of halogens is 1. The molecule has 0 radical (unpaired) electrons. The second-order valence-electron chi connectivity index (χ2n) is 7.21. The molecule has 1 aromatic carbocycles. The van der Waals surface area contributed by atoms with Crippen LogP contribution in [0.3, 0.4) is 0 Å². The third kappa shape index (κ3) is 3.31. The smallest absolute Gasteiger partial charge is 0.274 e. The zero-order valence-corrected chi connectivity index (χ0v) is 15.4. The number of fused-ring (bicyclic) bond motifs is 1. The lowest BCUT2D eigenvalue weighted by molar-refractivity contribution is 0.0643. The van der Waals surface area contributed by atoms with Crippen LogP contribution in [-0.4, -0.2) is 40.6 Å². The fraction of sp³-hybridized carbons (Fsp3) is 0.474. The quantitative estimate of drug-likeness (QED) is 0.865. The molecule has 6 heteroatoms. The Balaban J connectivity index is 0.00000182. The minimum atomic E-state index is 0. The summed E-state index contributed by atoms with van der Waals surface area (Å²) in [5.41, 5.74) is 4.10. The molecule has 3 heterocycles. The molecule has 2 aromatic rings. The number of aromatic nitrogens is 2. The van der Waals surface area contributed by atoms with Crippen LogP contribution in [0, 0.1) is 0 Å². The number of aromatic amines is 1. The van der Waals surface area contributed by atoms with Crippen molar-refractivity contribution in [2.45, 2.75) is 38.1 Å². The molecule has 1 saturated heterocycles. The van der Waals surface area contributed by atoms with E-state index >= 15 is 0 Å². The molecule has 1 unspecified atom stereocenters. The van der Waals surface area contributed by atoms with Gasteiger partial charge in [-0.05, 0) is 18.4 Å². The fourth-order valence-electron chi connectivity index (χ4n) is 4.04. The standard InChI is InChI=1S/C19H24N4O.ClH/c1-19(14-6-3-2-4-7-14)9-5-11-23(13-19)18(24)17-15-12-20-10-8-16(15)21-22-17;/h2-4,6-7,20H,5,8-13H2,1H3,(H,21,22);1H. The molecule has 1 atom stereocenters. The molecule has 0 saturated carbocycles. The van der Waals surface area contributed by atoms with E-state index < -0.39 is 0 Å². The Labute approximate surface area is 154 Å². The zero-order chi connectivity index (χ0) is 16.6. The van der Waals surface area contributed by atoms with E-state index in [1.807, 2.05) is 11.0 Å². The van der Waals surface area contributed by atoms with Crippen molar-refractivity contribution in [2.24, 2.45) is 0 Å². The number of likely N-dealkylation sites (tertiary alicyclic amines) is 1. The molecule has 2 aliphatic heterocycles. The SMILES string of the molecule is CC1(c2ccccc2)CCCN(C(=O)c2n[nH]c3c2CNCC3)C1.Cl. The summed E-state index contributed by atoms with van der Waals surface area (Å²) in [5.74, 6) is 0.0676. The lowest BCUT2D eigenvalue weighted by Gasteiger charge is -2.40. The molecule has 0 aliphatic carbocycles. The van der Waals surface area contributed by atoms with Crippen LogP contribution in [0.2, 0.25) is 0 Å². The number of nitrogens with zero attached hydrogens (tertiary/aromatic N) is 2. The minimum Gasteiger partial charge on any atom is -0.336 e. The molecular weight excluding hydrogens is 336 g/mol. The van der Waals surface area contributed by atoms with E-state index in [0.29, 0.717) is 5.69 Å². The summed E-state index contributed by atoms with van der Waals surface area (Å²) < 4.78 is 0. The molecule has 1 aromatic heterocycles. The number of hydrogen-bond acceptors (Lipinski definition) is 3. The van der Waals surface area contributed by atoms with Crippen LogP contribution in [-0.2, 0) is 18.4 Å². The number of amides is 1. The Morgan fingerprint density at radius 3 is 2.88 bits per heavy atom. The molecule has 25 heavy (non-hydrogen) atoms. The molecule has 0 bridgehead atoms. The van der Waals surface area contributed by atoms with Crippen LogP contribution in [0.5, 0.6) is 0 Å². The summed E-state index contributed by atoms with van der Waals surface area (Å²) in [6.45, 7) is 5.51. The van der Waals surface area contributed by atoms with Gasteiger partial charge in [0.05, 0.1) is 0 Å². The Hall–Kier alpha value is -1.85. The Morgan fingerprint density at radius 1 is 1.28 bits per heavy atom. The summed E-state index contributed by atoms with van der Waals surface area (Å²) in [7, 11) is 0. The molecule has 4 rings (SSSR count). The highest BCUT2D eigenvalue weighted by molar-refractivity contribution is 5.94. The molecule has 1 amide bonds. The van der Waals surface area contributed by atoms with Gasteiger partial charge in [0.2, 0.25) is 0 Å². The van der Waals surface area contributed by atoms with Gasteiger partial charge in [-0.2, -0.15) is 5.10 Å². The molecule has 2 N–H and O–H groups in total. The summed E-state index contributed by atoms with van der Waals surface area (Å²) in [5, 5.41) is 10.7. The third-order valence-electron chi connectivity index (χ3n) is 5.46. The van der Waals surface area contributed by atoms with Gasteiger partial charge in [-0.3, -0.25) is 9.89 Å². The lowest BCUT2D eigenvalue weighted by atomic mass is 9.76. The maximum absolute atomic E-state index is 13.1. The molecule has 134 valence electrons. The van der Waals surface area contributed by atoms with Gasteiger partial charge < -0.3 is 10.2 Å². The first-order valence-corrected chi connectivity index (χ1v) is 8.79. The minimum absolute atomic E-state index is 0. The fourth-order valence-corrected chi connectivity index (χ4v) is 4.04. The van der Waals surface area contributed by atoms with Crippen LogP contribution in [0.25, 0.3) is 0 Å². The van der Waals surface area contributed by atoms with Crippen molar-refractivity contribution in [3.8, 4) is 0 Å². The van der Waals surface area contributed by atoms with Gasteiger partial charge >= 0.3 is 0 Å². The normalized spacial score (nSPS) is 22.8. The average Bonchev–Trinajstić information content (AvgIpc) is 3.06. The Morgan fingerprint density at radius 2 is 2.08 bits per heavy atom. The first kappa shape index (κ1) is 18.0. The summed E-state index contributed by atoms with van der Waals surface area (Å²) in [6.07, 6.45) is 3.06. The summed E-state index contributed by atoms with van der Waals surface area (Å²) in [6, 6.07) is 10.6. The number of carbonyl (C=O) groups is 1. The Kier molecular flexibility index (Phi) is 5.16. The van der Waals surface area contributed by atoms with Gasteiger partial charge in [0.15, 0.2) is 5.69 Å². The van der Waals surface area contributed by atoms with Gasteiger partial charge in [-0.25, -0.2) is 0 Å². The molecule has 2 aliphatic rings. The van der Waals surface area contributed by atoms with Crippen molar-refractivity contribution >= 4 is 18.3 Å². The van der Waals surface area contributed by atoms with Crippen LogP contribution in [0.15, 0.2) is 30.3 Å². The largest absolute Gasteiger partial charge is 0.336 e. The average molecular weight is 361 g/mol. The predicted molar refractivity (Wildman–Crippen MR) is 100 cm³/mol. The van der Waals surface area contributed by atoms with E-state index in [4.69, 9.17) is 0 Å². The van der Waals surface area contributed by atoms with Gasteiger partial charge in [-0.1, -0.05) is 37.3 Å². The van der Waals surface area contributed by atoms with E-state index in [0.717, 1.165) is 56.7 Å². The van der Waals surface area contributed by atoms with E-state index in [1.54, 1.807) is 0 Å². The molecular formula is C19H25ClN4O. The third-order valence-corrected chi connectivity index (χ3v) is 5.46. The number of hydrogen-bond donors (Lipinski definition) is 2. The maximum atomic E-state index is 13.1. The molecule has 0 spiro atoms. The van der Waals surface area contributed by atoms with Crippen LogP contribution in [0.1, 0.15) is 47.1 Å². The van der Waals surface area contributed by atoms with Crippen molar-refractivity contribution in [3.63, 3.8) is 0 Å². The van der Waals surface area contributed by atoms with Crippen LogP contribution in [0.4, 0.5) is 0 Å². The second-order valence-corrected chi connectivity index (χ2v) is 7.21. The highest BCUT2D eigenvalue weighted by atomic mass is 35.5. The van der Waals surface area contributed by atoms with E-state index in [9.17, 15) is 4.79 Å². The van der Waals surface area contributed by atoms with Crippen molar-refractivity contribution in [1.82, 2.24) is 20.4 Å².